The molecule has 0 spiro atoms. The van der Waals surface area contributed by atoms with Crippen molar-refractivity contribution in [1.82, 2.24) is 9.97 Å². The summed E-state index contributed by atoms with van der Waals surface area (Å²) in [5.74, 6) is 1.42. The van der Waals surface area contributed by atoms with E-state index in [1.54, 1.807) is 6.26 Å². The third kappa shape index (κ3) is 3.83. The van der Waals surface area contributed by atoms with Crippen molar-refractivity contribution in [2.75, 3.05) is 17.3 Å². The van der Waals surface area contributed by atoms with Crippen LogP contribution >= 0.6 is 0 Å². The Morgan fingerprint density at radius 2 is 2.29 bits per heavy atom. The highest BCUT2D eigenvalue weighted by Crippen LogP contribution is 2.04. The van der Waals surface area contributed by atoms with Gasteiger partial charge in [-0.15, -0.1) is 0 Å². The van der Waals surface area contributed by atoms with Gasteiger partial charge in [-0.3, -0.25) is 4.21 Å². The molecule has 1 aromatic rings. The first-order chi connectivity index (χ1) is 6.58. The quantitative estimate of drug-likeness (QED) is 0.809. The minimum Gasteiger partial charge on any atom is -0.367 e. The summed E-state index contributed by atoms with van der Waals surface area (Å²) in [4.78, 5) is 8.06. The van der Waals surface area contributed by atoms with Crippen molar-refractivity contribution in [2.24, 2.45) is 0 Å². The molecule has 0 aromatic carbocycles. The predicted molar refractivity (Wildman–Crippen MR) is 58.8 cm³/mol. The van der Waals surface area contributed by atoms with Gasteiger partial charge in [-0.2, -0.15) is 0 Å². The summed E-state index contributed by atoms with van der Waals surface area (Å²) in [5.41, 5.74) is 0.923. The third-order valence-corrected chi connectivity index (χ3v) is 2.65. The lowest BCUT2D eigenvalue weighted by atomic mass is 10.3. The topological polar surface area (TPSA) is 54.9 Å². The summed E-state index contributed by atoms with van der Waals surface area (Å²) < 4.78 is 10.9. The van der Waals surface area contributed by atoms with Crippen LogP contribution in [0, 0.1) is 6.92 Å². The van der Waals surface area contributed by atoms with Crippen LogP contribution in [0.5, 0.6) is 0 Å². The number of rotatable bonds is 4. The molecule has 0 radical (unpaired) electrons. The monoisotopic (exact) mass is 213 g/mol. The second-order valence-electron chi connectivity index (χ2n) is 3.33. The van der Waals surface area contributed by atoms with E-state index >= 15 is 0 Å². The molecular formula is C9H15N3OS. The standard InChI is InChI=1S/C9H15N3OS/c1-7-4-9(11-6-10-7)12-8(2)5-14(3)13/h4,6,8H,5H2,1-3H3,(H,10,11,12). The summed E-state index contributed by atoms with van der Waals surface area (Å²) >= 11 is 0. The lowest BCUT2D eigenvalue weighted by molar-refractivity contribution is 0.683. The maximum atomic E-state index is 10.9. The van der Waals surface area contributed by atoms with Crippen LogP contribution in [0.2, 0.25) is 0 Å². The van der Waals surface area contributed by atoms with E-state index in [0.717, 1.165) is 11.5 Å². The minimum absolute atomic E-state index is 0.162. The third-order valence-electron chi connectivity index (χ3n) is 1.68. The van der Waals surface area contributed by atoms with Gasteiger partial charge in [-0.1, -0.05) is 0 Å². The van der Waals surface area contributed by atoms with Crippen molar-refractivity contribution in [3.8, 4) is 0 Å². The molecule has 1 aromatic heterocycles. The van der Waals surface area contributed by atoms with Crippen LogP contribution in [0.1, 0.15) is 12.6 Å². The average molecular weight is 213 g/mol. The fraction of sp³-hybridized carbons (Fsp3) is 0.556. The normalized spacial score (nSPS) is 14.8. The molecule has 14 heavy (non-hydrogen) atoms. The highest BCUT2D eigenvalue weighted by molar-refractivity contribution is 7.84. The zero-order valence-corrected chi connectivity index (χ0v) is 9.47. The van der Waals surface area contributed by atoms with E-state index in [1.807, 2.05) is 19.9 Å². The Kier molecular flexibility index (Phi) is 4.00. The van der Waals surface area contributed by atoms with Crippen molar-refractivity contribution in [3.05, 3.63) is 18.1 Å². The van der Waals surface area contributed by atoms with E-state index in [9.17, 15) is 4.21 Å². The Labute approximate surface area is 86.6 Å². The van der Waals surface area contributed by atoms with Crippen molar-refractivity contribution < 1.29 is 4.21 Å². The molecule has 78 valence electrons. The van der Waals surface area contributed by atoms with Gasteiger partial charge in [-0.25, -0.2) is 9.97 Å². The summed E-state index contributed by atoms with van der Waals surface area (Å²) in [6.45, 7) is 3.90. The van der Waals surface area contributed by atoms with Crippen LogP contribution in [0.25, 0.3) is 0 Å². The van der Waals surface area contributed by atoms with Gasteiger partial charge in [0.2, 0.25) is 0 Å². The summed E-state index contributed by atoms with van der Waals surface area (Å²) in [7, 11) is -0.781. The zero-order chi connectivity index (χ0) is 10.6. The summed E-state index contributed by atoms with van der Waals surface area (Å²) in [5, 5.41) is 3.17. The van der Waals surface area contributed by atoms with Crippen molar-refractivity contribution in [1.29, 1.82) is 0 Å². The number of nitrogens with one attached hydrogen (secondary N) is 1. The van der Waals surface area contributed by atoms with Gasteiger partial charge < -0.3 is 5.32 Å². The number of nitrogens with zero attached hydrogens (tertiary/aromatic N) is 2. The largest absolute Gasteiger partial charge is 0.367 e. The molecule has 0 fully saturated rings. The van der Waals surface area contributed by atoms with E-state index in [-0.39, 0.29) is 6.04 Å². The van der Waals surface area contributed by atoms with Crippen LogP contribution in [-0.4, -0.2) is 32.2 Å². The molecule has 0 aliphatic rings. The molecule has 1 rings (SSSR count). The van der Waals surface area contributed by atoms with E-state index in [2.05, 4.69) is 15.3 Å². The van der Waals surface area contributed by atoms with Gasteiger partial charge in [0, 0.05) is 40.6 Å². The van der Waals surface area contributed by atoms with Crippen molar-refractivity contribution >= 4 is 16.6 Å². The maximum absolute atomic E-state index is 10.9. The second kappa shape index (κ2) is 5.05. The first-order valence-electron chi connectivity index (χ1n) is 4.43. The second-order valence-corrected chi connectivity index (χ2v) is 4.81. The number of anilines is 1. The predicted octanol–water partition coefficient (Wildman–Crippen LogP) is 0.964. The highest BCUT2D eigenvalue weighted by atomic mass is 32.2. The molecule has 0 bridgehead atoms. The maximum Gasteiger partial charge on any atom is 0.129 e. The fourth-order valence-corrected chi connectivity index (χ4v) is 1.97. The highest BCUT2D eigenvalue weighted by Gasteiger charge is 2.04. The Bertz CT molecular complexity index is 330. The van der Waals surface area contributed by atoms with Crippen molar-refractivity contribution in [2.45, 2.75) is 19.9 Å². The smallest absolute Gasteiger partial charge is 0.129 e. The van der Waals surface area contributed by atoms with Crippen LogP contribution < -0.4 is 5.32 Å². The summed E-state index contributed by atoms with van der Waals surface area (Å²) in [6.07, 6.45) is 3.22. The first kappa shape index (κ1) is 11.1. The molecular weight excluding hydrogens is 198 g/mol. The molecule has 0 aliphatic heterocycles. The number of aromatic nitrogens is 2. The van der Waals surface area contributed by atoms with E-state index < -0.39 is 10.8 Å². The Morgan fingerprint density at radius 1 is 1.57 bits per heavy atom. The molecule has 2 atom stereocenters. The lowest BCUT2D eigenvalue weighted by Crippen LogP contribution is -2.22. The molecule has 1 heterocycles. The van der Waals surface area contributed by atoms with Crippen molar-refractivity contribution in [3.63, 3.8) is 0 Å². The van der Waals surface area contributed by atoms with Gasteiger partial charge in [0.15, 0.2) is 0 Å². The van der Waals surface area contributed by atoms with Crippen LogP contribution in [-0.2, 0) is 10.8 Å². The molecule has 0 saturated heterocycles. The van der Waals surface area contributed by atoms with E-state index in [4.69, 9.17) is 0 Å². The molecule has 4 nitrogen and oxygen atoms in total. The Balaban J connectivity index is 2.55. The van der Waals surface area contributed by atoms with Crippen LogP contribution in [0.15, 0.2) is 12.4 Å². The van der Waals surface area contributed by atoms with E-state index in [0.29, 0.717) is 5.75 Å². The zero-order valence-electron chi connectivity index (χ0n) is 8.65. The molecule has 2 unspecified atom stereocenters. The van der Waals surface area contributed by atoms with Gasteiger partial charge in [-0.05, 0) is 13.8 Å². The molecule has 0 amide bonds. The van der Waals surface area contributed by atoms with Gasteiger partial charge in [0.1, 0.15) is 12.1 Å². The SMILES string of the molecule is Cc1cc(NC(C)CS(C)=O)ncn1. The van der Waals surface area contributed by atoms with Gasteiger partial charge in [0.25, 0.3) is 0 Å². The fourth-order valence-electron chi connectivity index (χ4n) is 1.18. The number of aryl methyl sites for hydroxylation is 1. The molecule has 0 aliphatic carbocycles. The van der Waals surface area contributed by atoms with Gasteiger partial charge >= 0.3 is 0 Å². The number of hydrogen-bond donors (Lipinski definition) is 1. The lowest BCUT2D eigenvalue weighted by Gasteiger charge is -2.12. The number of hydrogen-bond acceptors (Lipinski definition) is 4. The van der Waals surface area contributed by atoms with Gasteiger partial charge in [0.05, 0.1) is 0 Å². The Hall–Kier alpha value is -0.970. The average Bonchev–Trinajstić information content (AvgIpc) is 2.01. The van der Waals surface area contributed by atoms with E-state index in [1.165, 1.54) is 6.33 Å². The van der Waals surface area contributed by atoms with Crippen LogP contribution in [0.3, 0.4) is 0 Å². The molecule has 5 heteroatoms. The Morgan fingerprint density at radius 3 is 2.86 bits per heavy atom. The summed E-state index contributed by atoms with van der Waals surface area (Å²) in [6, 6.07) is 2.03. The molecule has 0 saturated carbocycles. The molecule has 1 N–H and O–H groups in total. The first-order valence-corrected chi connectivity index (χ1v) is 6.16. The minimum atomic E-state index is -0.781. The van der Waals surface area contributed by atoms with Crippen LogP contribution in [0.4, 0.5) is 5.82 Å².